The highest BCUT2D eigenvalue weighted by molar-refractivity contribution is 5.96. The summed E-state index contributed by atoms with van der Waals surface area (Å²) >= 11 is 0. The highest BCUT2D eigenvalue weighted by atomic mass is 19.1. The van der Waals surface area contributed by atoms with Gasteiger partial charge in [0.1, 0.15) is 5.82 Å². The Balaban J connectivity index is 1.66. The van der Waals surface area contributed by atoms with Crippen molar-refractivity contribution < 1.29 is 14.0 Å². The van der Waals surface area contributed by atoms with Crippen molar-refractivity contribution in [3.05, 3.63) is 59.9 Å². The van der Waals surface area contributed by atoms with Crippen LogP contribution in [0.15, 0.2) is 48.5 Å². The molecule has 2 aromatic rings. The smallest absolute Gasteiger partial charge is 0.228 e. The van der Waals surface area contributed by atoms with Crippen molar-refractivity contribution in [3.8, 4) is 0 Å². The molecule has 24 heavy (non-hydrogen) atoms. The number of amides is 2. The van der Waals surface area contributed by atoms with Crippen molar-refractivity contribution in [1.82, 2.24) is 0 Å². The molecule has 4 nitrogen and oxygen atoms in total. The second-order valence-corrected chi connectivity index (χ2v) is 5.90. The zero-order chi connectivity index (χ0) is 16.9. The molecular weight excluding hydrogens is 307 g/mol. The van der Waals surface area contributed by atoms with Crippen LogP contribution in [0, 0.1) is 5.82 Å². The van der Waals surface area contributed by atoms with Crippen molar-refractivity contribution in [2.45, 2.75) is 25.7 Å². The summed E-state index contributed by atoms with van der Waals surface area (Å²) in [6.07, 6.45) is 2.67. The Bertz CT molecular complexity index is 743. The first-order valence-corrected chi connectivity index (χ1v) is 8.06. The molecule has 3 rings (SSSR count). The maximum Gasteiger partial charge on any atom is 0.228 e. The van der Waals surface area contributed by atoms with E-state index in [9.17, 15) is 14.0 Å². The molecule has 0 unspecified atom stereocenters. The van der Waals surface area contributed by atoms with Crippen LogP contribution in [0.5, 0.6) is 0 Å². The Morgan fingerprint density at radius 2 is 1.92 bits per heavy atom. The summed E-state index contributed by atoms with van der Waals surface area (Å²) < 4.78 is 12.9. The number of carbonyl (C=O) groups excluding carboxylic acids is 2. The zero-order valence-corrected chi connectivity index (χ0v) is 13.3. The van der Waals surface area contributed by atoms with Crippen molar-refractivity contribution in [2.75, 3.05) is 16.8 Å². The van der Waals surface area contributed by atoms with Gasteiger partial charge in [0.2, 0.25) is 11.8 Å². The molecule has 5 heteroatoms. The van der Waals surface area contributed by atoms with E-state index in [2.05, 4.69) is 5.32 Å². The lowest BCUT2D eigenvalue weighted by atomic mass is 10.1. The Kier molecular flexibility index (Phi) is 4.89. The van der Waals surface area contributed by atoms with Gasteiger partial charge >= 0.3 is 0 Å². The van der Waals surface area contributed by atoms with Gasteiger partial charge < -0.3 is 10.2 Å². The van der Waals surface area contributed by atoms with Gasteiger partial charge in [0, 0.05) is 24.3 Å². The third-order valence-electron chi connectivity index (χ3n) is 4.04. The van der Waals surface area contributed by atoms with Crippen LogP contribution in [-0.4, -0.2) is 18.4 Å². The lowest BCUT2D eigenvalue weighted by molar-refractivity contribution is -0.119. The summed E-state index contributed by atoms with van der Waals surface area (Å²) in [6.45, 7) is 0.714. The number of hydrogen-bond acceptors (Lipinski definition) is 2. The topological polar surface area (TPSA) is 49.4 Å². The third kappa shape index (κ3) is 3.98. The molecule has 0 radical (unpaired) electrons. The molecule has 124 valence electrons. The minimum absolute atomic E-state index is 0.121. The van der Waals surface area contributed by atoms with E-state index in [1.165, 1.54) is 12.1 Å². The fourth-order valence-corrected chi connectivity index (χ4v) is 2.82. The molecule has 1 heterocycles. The van der Waals surface area contributed by atoms with E-state index in [4.69, 9.17) is 0 Å². The van der Waals surface area contributed by atoms with E-state index >= 15 is 0 Å². The van der Waals surface area contributed by atoms with E-state index in [1.54, 1.807) is 23.1 Å². The van der Waals surface area contributed by atoms with E-state index in [0.29, 0.717) is 18.7 Å². The number of piperidine rings is 1. The van der Waals surface area contributed by atoms with Crippen LogP contribution < -0.4 is 10.2 Å². The van der Waals surface area contributed by atoms with Crippen molar-refractivity contribution in [1.29, 1.82) is 0 Å². The molecular formula is C19H19FN2O2. The van der Waals surface area contributed by atoms with Crippen molar-refractivity contribution in [2.24, 2.45) is 0 Å². The number of benzene rings is 2. The lowest BCUT2D eigenvalue weighted by Gasteiger charge is -2.27. The number of nitrogens with one attached hydrogen (secondary N) is 1. The minimum atomic E-state index is -0.321. The number of rotatable bonds is 4. The van der Waals surface area contributed by atoms with Crippen LogP contribution in [0.4, 0.5) is 15.8 Å². The Labute approximate surface area is 140 Å². The number of anilines is 2. The standard InChI is InChI=1S/C19H19FN2O2/c20-15-9-7-14(8-10-15)12-18(23)21-16-4-3-5-17(13-16)22-11-2-1-6-19(22)24/h3-5,7-10,13H,1-2,6,11-12H2,(H,21,23). The predicted molar refractivity (Wildman–Crippen MR) is 91.4 cm³/mol. The van der Waals surface area contributed by atoms with E-state index < -0.39 is 0 Å². The van der Waals surface area contributed by atoms with Gasteiger partial charge in [-0.3, -0.25) is 9.59 Å². The van der Waals surface area contributed by atoms with E-state index in [-0.39, 0.29) is 24.1 Å². The van der Waals surface area contributed by atoms with Crippen molar-refractivity contribution >= 4 is 23.2 Å². The fraction of sp³-hybridized carbons (Fsp3) is 0.263. The first-order chi connectivity index (χ1) is 11.6. The minimum Gasteiger partial charge on any atom is -0.326 e. The van der Waals surface area contributed by atoms with E-state index in [0.717, 1.165) is 24.1 Å². The molecule has 2 aromatic carbocycles. The first kappa shape index (κ1) is 16.2. The van der Waals surface area contributed by atoms with Crippen molar-refractivity contribution in [3.63, 3.8) is 0 Å². The van der Waals surface area contributed by atoms with Crippen LogP contribution in [0.1, 0.15) is 24.8 Å². The fourth-order valence-electron chi connectivity index (χ4n) is 2.82. The van der Waals surface area contributed by atoms with Gasteiger partial charge in [-0.1, -0.05) is 18.2 Å². The monoisotopic (exact) mass is 326 g/mol. The molecule has 0 bridgehead atoms. The average molecular weight is 326 g/mol. The molecule has 0 saturated carbocycles. The zero-order valence-electron chi connectivity index (χ0n) is 13.3. The maximum absolute atomic E-state index is 12.9. The molecule has 1 fully saturated rings. The van der Waals surface area contributed by atoms with E-state index in [1.807, 2.05) is 18.2 Å². The second kappa shape index (κ2) is 7.25. The Morgan fingerprint density at radius 1 is 1.12 bits per heavy atom. The Morgan fingerprint density at radius 3 is 2.67 bits per heavy atom. The molecule has 0 aliphatic carbocycles. The highest BCUT2D eigenvalue weighted by Gasteiger charge is 2.19. The maximum atomic E-state index is 12.9. The lowest BCUT2D eigenvalue weighted by Crippen LogP contribution is -2.35. The Hall–Kier alpha value is -2.69. The van der Waals surface area contributed by atoms with Gasteiger partial charge in [-0.2, -0.15) is 0 Å². The quantitative estimate of drug-likeness (QED) is 0.934. The van der Waals surface area contributed by atoms with Crippen LogP contribution >= 0.6 is 0 Å². The first-order valence-electron chi connectivity index (χ1n) is 8.06. The molecule has 1 aliphatic rings. The largest absolute Gasteiger partial charge is 0.326 e. The second-order valence-electron chi connectivity index (χ2n) is 5.90. The van der Waals surface area contributed by atoms with Gasteiger partial charge in [-0.15, -0.1) is 0 Å². The highest BCUT2D eigenvalue weighted by Crippen LogP contribution is 2.24. The number of hydrogen-bond donors (Lipinski definition) is 1. The van der Waals surface area contributed by atoms with Crippen LogP contribution in [0.25, 0.3) is 0 Å². The van der Waals surface area contributed by atoms with Gasteiger partial charge in [-0.25, -0.2) is 4.39 Å². The van der Waals surface area contributed by atoms with Gasteiger partial charge in [0.25, 0.3) is 0 Å². The SMILES string of the molecule is O=C(Cc1ccc(F)cc1)Nc1cccc(N2CCCCC2=O)c1. The van der Waals surface area contributed by atoms with Gasteiger partial charge in [0.05, 0.1) is 6.42 Å². The van der Waals surface area contributed by atoms with Crippen LogP contribution in [-0.2, 0) is 16.0 Å². The number of carbonyl (C=O) groups is 2. The molecule has 0 aromatic heterocycles. The normalized spacial score (nSPS) is 14.5. The summed E-state index contributed by atoms with van der Waals surface area (Å²) in [5, 5.41) is 2.83. The molecule has 1 aliphatic heterocycles. The summed E-state index contributed by atoms with van der Waals surface area (Å²) in [5.74, 6) is -0.377. The molecule has 0 spiro atoms. The van der Waals surface area contributed by atoms with Crippen LogP contribution in [0.2, 0.25) is 0 Å². The summed E-state index contributed by atoms with van der Waals surface area (Å²) in [4.78, 5) is 25.9. The molecule has 1 saturated heterocycles. The summed E-state index contributed by atoms with van der Waals surface area (Å²) in [6, 6.07) is 13.2. The van der Waals surface area contributed by atoms with Crippen LogP contribution in [0.3, 0.4) is 0 Å². The summed E-state index contributed by atoms with van der Waals surface area (Å²) in [7, 11) is 0. The van der Waals surface area contributed by atoms with Gasteiger partial charge in [0.15, 0.2) is 0 Å². The van der Waals surface area contributed by atoms with Gasteiger partial charge in [-0.05, 0) is 48.7 Å². The number of halogens is 1. The molecule has 0 atom stereocenters. The summed E-state index contributed by atoms with van der Waals surface area (Å²) in [5.41, 5.74) is 2.20. The predicted octanol–water partition coefficient (Wildman–Crippen LogP) is 3.52. The molecule has 2 amide bonds. The molecule has 1 N–H and O–H groups in total. The number of nitrogens with zero attached hydrogens (tertiary/aromatic N) is 1. The average Bonchev–Trinajstić information content (AvgIpc) is 2.57. The third-order valence-corrected chi connectivity index (χ3v) is 4.04.